The van der Waals surface area contributed by atoms with Gasteiger partial charge >= 0.3 is 8.25 Å². The topological polar surface area (TPSA) is 35.5 Å². The molecule has 24 heavy (non-hydrogen) atoms. The van der Waals surface area contributed by atoms with Gasteiger partial charge in [-0.15, -0.1) is 9.05 Å². The molecule has 0 bridgehead atoms. The van der Waals surface area contributed by atoms with Crippen LogP contribution >= 0.6 is 8.25 Å². The van der Waals surface area contributed by atoms with Crippen LogP contribution in [0.15, 0.2) is 0 Å². The Bertz CT molecular complexity index is 235. The third kappa shape index (κ3) is 20.1. The van der Waals surface area contributed by atoms with Gasteiger partial charge in [-0.3, -0.25) is 0 Å². The molecule has 0 spiro atoms. The highest BCUT2D eigenvalue weighted by molar-refractivity contribution is 7.33. The maximum Gasteiger partial charge on any atom is 0.697 e. The summed E-state index contributed by atoms with van der Waals surface area (Å²) >= 11 is 0. The highest BCUT2D eigenvalue weighted by Gasteiger charge is 2.18. The number of rotatable bonds is 20. The van der Waals surface area contributed by atoms with Crippen LogP contribution < -0.4 is 0 Å². The molecule has 0 aromatic heterocycles. The van der Waals surface area contributed by atoms with E-state index in [-0.39, 0.29) is 0 Å². The molecule has 0 aliphatic heterocycles. The van der Waals surface area contributed by atoms with Crippen LogP contribution in [0.4, 0.5) is 0 Å². The van der Waals surface area contributed by atoms with Gasteiger partial charge in [0.25, 0.3) is 0 Å². The molecule has 0 rings (SSSR count). The number of hydrogen-bond acceptors (Lipinski definition) is 3. The van der Waals surface area contributed by atoms with Crippen LogP contribution in [0.1, 0.15) is 117 Å². The first-order valence-electron chi connectivity index (χ1n) is 10.5. The van der Waals surface area contributed by atoms with Crippen LogP contribution in [0.5, 0.6) is 0 Å². The molecular formula is C20H42O3P+. The second kappa shape index (κ2) is 21.1. The van der Waals surface area contributed by atoms with Crippen LogP contribution in [0, 0.1) is 0 Å². The fourth-order valence-corrected chi connectivity index (χ4v) is 3.42. The Hall–Kier alpha value is 0.0200. The van der Waals surface area contributed by atoms with E-state index in [1.54, 1.807) is 0 Å². The molecule has 0 saturated heterocycles. The third-order valence-corrected chi connectivity index (χ3v) is 5.18. The van der Waals surface area contributed by atoms with Crippen molar-refractivity contribution in [1.29, 1.82) is 0 Å². The molecule has 0 heterocycles. The second-order valence-corrected chi connectivity index (χ2v) is 7.80. The first-order chi connectivity index (χ1) is 11.8. The van der Waals surface area contributed by atoms with Crippen molar-refractivity contribution in [1.82, 2.24) is 0 Å². The van der Waals surface area contributed by atoms with E-state index in [9.17, 15) is 4.57 Å². The van der Waals surface area contributed by atoms with Crippen LogP contribution in [0.3, 0.4) is 0 Å². The maximum atomic E-state index is 11.6. The molecule has 0 aromatic carbocycles. The summed E-state index contributed by atoms with van der Waals surface area (Å²) in [6.45, 7) is 5.63. The van der Waals surface area contributed by atoms with Gasteiger partial charge in [-0.25, -0.2) is 0 Å². The molecule has 0 aromatic rings. The van der Waals surface area contributed by atoms with Gasteiger partial charge in [0, 0.05) is 4.57 Å². The minimum absolute atomic E-state index is 0.571. The first-order valence-corrected chi connectivity index (χ1v) is 11.6. The zero-order valence-electron chi connectivity index (χ0n) is 16.4. The lowest BCUT2D eigenvalue weighted by atomic mass is 10.1. The van der Waals surface area contributed by atoms with Gasteiger partial charge < -0.3 is 0 Å². The highest BCUT2D eigenvalue weighted by atomic mass is 31.1. The summed E-state index contributed by atoms with van der Waals surface area (Å²) in [4.78, 5) is 0. The van der Waals surface area contributed by atoms with E-state index in [0.717, 1.165) is 12.8 Å². The average Bonchev–Trinajstić information content (AvgIpc) is 2.59. The lowest BCUT2D eigenvalue weighted by Crippen LogP contribution is -1.92. The normalized spacial score (nSPS) is 11.1. The predicted molar refractivity (Wildman–Crippen MR) is 105 cm³/mol. The Morgan fingerprint density at radius 2 is 0.792 bits per heavy atom. The van der Waals surface area contributed by atoms with Crippen molar-refractivity contribution in [3.63, 3.8) is 0 Å². The second-order valence-electron chi connectivity index (χ2n) is 6.84. The summed E-state index contributed by atoms with van der Waals surface area (Å²) < 4.78 is 22.1. The van der Waals surface area contributed by atoms with Crippen molar-refractivity contribution in [2.75, 3.05) is 13.2 Å². The zero-order chi connectivity index (χ0) is 17.7. The van der Waals surface area contributed by atoms with Crippen molar-refractivity contribution in [2.45, 2.75) is 117 Å². The van der Waals surface area contributed by atoms with Gasteiger partial charge in [0.2, 0.25) is 0 Å². The van der Waals surface area contributed by atoms with Gasteiger partial charge in [0.15, 0.2) is 0 Å². The summed E-state index contributed by atoms with van der Waals surface area (Å²) in [7, 11) is -1.90. The standard InChI is InChI=1S/C20H42O3P/c1-3-5-7-9-11-13-15-17-19-22-24(21)23-20-18-16-14-12-10-8-6-4-2/h3-20H2,1-2H3/q+1. The Balaban J connectivity index is 3.13. The summed E-state index contributed by atoms with van der Waals surface area (Å²) in [5.74, 6) is 0. The van der Waals surface area contributed by atoms with Crippen LogP contribution in [0.2, 0.25) is 0 Å². The van der Waals surface area contributed by atoms with Crippen molar-refractivity contribution >= 4 is 8.25 Å². The van der Waals surface area contributed by atoms with E-state index in [0.29, 0.717) is 13.2 Å². The summed E-state index contributed by atoms with van der Waals surface area (Å²) in [6.07, 6.45) is 20.3. The first kappa shape index (κ1) is 24.0. The number of unbranched alkanes of at least 4 members (excludes halogenated alkanes) is 14. The minimum atomic E-state index is -1.90. The Morgan fingerprint density at radius 1 is 0.500 bits per heavy atom. The average molecular weight is 362 g/mol. The summed E-state index contributed by atoms with van der Waals surface area (Å²) in [5, 5.41) is 0. The Morgan fingerprint density at radius 3 is 1.12 bits per heavy atom. The van der Waals surface area contributed by atoms with Gasteiger partial charge in [-0.1, -0.05) is 104 Å². The van der Waals surface area contributed by atoms with Crippen molar-refractivity contribution in [3.05, 3.63) is 0 Å². The molecule has 0 amide bonds. The monoisotopic (exact) mass is 361 g/mol. The quantitative estimate of drug-likeness (QED) is 0.163. The smallest absolute Gasteiger partial charge is 0.119 e. The van der Waals surface area contributed by atoms with E-state index >= 15 is 0 Å². The molecule has 0 radical (unpaired) electrons. The molecule has 0 aliphatic rings. The van der Waals surface area contributed by atoms with Gasteiger partial charge in [-0.2, -0.15) is 0 Å². The van der Waals surface area contributed by atoms with Crippen molar-refractivity contribution in [3.8, 4) is 0 Å². The molecule has 4 heteroatoms. The molecule has 3 nitrogen and oxygen atoms in total. The van der Waals surface area contributed by atoms with E-state index in [1.807, 2.05) is 0 Å². The maximum absolute atomic E-state index is 11.6. The Kier molecular flexibility index (Phi) is 21.1. The predicted octanol–water partition coefficient (Wildman–Crippen LogP) is 7.96. The minimum Gasteiger partial charge on any atom is -0.119 e. The largest absolute Gasteiger partial charge is 0.697 e. The van der Waals surface area contributed by atoms with Crippen molar-refractivity contribution in [2.24, 2.45) is 0 Å². The summed E-state index contributed by atoms with van der Waals surface area (Å²) in [5.41, 5.74) is 0. The van der Waals surface area contributed by atoms with E-state index in [4.69, 9.17) is 9.05 Å². The molecule has 0 saturated carbocycles. The zero-order valence-corrected chi connectivity index (χ0v) is 17.3. The SMILES string of the molecule is CCCCCCCCCCO[P+](=O)OCCCCCCCCCC. The van der Waals surface area contributed by atoms with E-state index < -0.39 is 8.25 Å². The molecule has 0 unspecified atom stereocenters. The van der Waals surface area contributed by atoms with Crippen LogP contribution in [-0.4, -0.2) is 13.2 Å². The van der Waals surface area contributed by atoms with Crippen LogP contribution in [0.25, 0.3) is 0 Å². The highest BCUT2D eigenvalue weighted by Crippen LogP contribution is 2.25. The van der Waals surface area contributed by atoms with E-state index in [1.165, 1.54) is 89.9 Å². The fourth-order valence-electron chi connectivity index (χ4n) is 2.79. The molecule has 0 atom stereocenters. The lowest BCUT2D eigenvalue weighted by molar-refractivity contribution is 0.218. The lowest BCUT2D eigenvalue weighted by Gasteiger charge is -2.00. The number of hydrogen-bond donors (Lipinski definition) is 0. The third-order valence-electron chi connectivity index (χ3n) is 4.39. The Labute approximate surface area is 152 Å². The van der Waals surface area contributed by atoms with Gasteiger partial charge in [0.05, 0.1) is 0 Å². The molecular weight excluding hydrogens is 319 g/mol. The van der Waals surface area contributed by atoms with Crippen molar-refractivity contribution < 1.29 is 13.6 Å². The van der Waals surface area contributed by atoms with E-state index in [2.05, 4.69) is 13.8 Å². The molecule has 0 aliphatic carbocycles. The van der Waals surface area contributed by atoms with Gasteiger partial charge in [-0.05, 0) is 12.8 Å². The molecule has 144 valence electrons. The fraction of sp³-hybridized carbons (Fsp3) is 1.00. The summed E-state index contributed by atoms with van der Waals surface area (Å²) in [6, 6.07) is 0. The molecule has 0 N–H and O–H groups in total. The van der Waals surface area contributed by atoms with Gasteiger partial charge in [0.1, 0.15) is 13.2 Å². The van der Waals surface area contributed by atoms with Crippen LogP contribution in [-0.2, 0) is 13.6 Å². The molecule has 0 fully saturated rings.